The van der Waals surface area contributed by atoms with Gasteiger partial charge in [0.1, 0.15) is 5.75 Å². The standard InChI is InChI=1S/C24H23ClN2O4/c1-16-21(17(2)27(26-16)14-19-6-4-5-7-22(19)25)12-13-23(28)18-8-10-20(11-9-18)31-15-24(29)30-3/h4-13H,14-15H2,1-3H3/b13-12+. The van der Waals surface area contributed by atoms with E-state index in [1.807, 2.05) is 42.8 Å². The molecule has 0 atom stereocenters. The first-order valence-corrected chi connectivity index (χ1v) is 10.1. The molecule has 3 aromatic rings. The summed E-state index contributed by atoms with van der Waals surface area (Å²) in [7, 11) is 1.30. The molecule has 0 saturated carbocycles. The van der Waals surface area contributed by atoms with Crippen molar-refractivity contribution in [3.05, 3.63) is 87.7 Å². The Bertz CT molecular complexity index is 1120. The maximum atomic E-state index is 12.6. The minimum atomic E-state index is -0.469. The number of hydrogen-bond acceptors (Lipinski definition) is 5. The quantitative estimate of drug-likeness (QED) is 0.291. The Morgan fingerprint density at radius 3 is 2.48 bits per heavy atom. The largest absolute Gasteiger partial charge is 0.482 e. The molecule has 0 fully saturated rings. The van der Waals surface area contributed by atoms with Crippen molar-refractivity contribution in [2.75, 3.05) is 13.7 Å². The van der Waals surface area contributed by atoms with Crippen LogP contribution in [0.4, 0.5) is 0 Å². The Hall–Kier alpha value is -3.38. The number of methoxy groups -OCH3 is 1. The second-order valence-electron chi connectivity index (χ2n) is 6.92. The predicted molar refractivity (Wildman–Crippen MR) is 120 cm³/mol. The van der Waals surface area contributed by atoms with Gasteiger partial charge in [0.25, 0.3) is 0 Å². The molecule has 3 rings (SSSR count). The van der Waals surface area contributed by atoms with Crippen LogP contribution in [-0.2, 0) is 16.1 Å². The van der Waals surface area contributed by atoms with Gasteiger partial charge in [0.05, 0.1) is 19.3 Å². The number of ether oxygens (including phenoxy) is 2. The summed E-state index contributed by atoms with van der Waals surface area (Å²) in [5, 5.41) is 5.29. The van der Waals surface area contributed by atoms with E-state index in [9.17, 15) is 9.59 Å². The molecule has 160 valence electrons. The number of ketones is 1. The van der Waals surface area contributed by atoms with Gasteiger partial charge in [-0.15, -0.1) is 0 Å². The first-order chi connectivity index (χ1) is 14.9. The van der Waals surface area contributed by atoms with Crippen LogP contribution in [0.5, 0.6) is 5.75 Å². The van der Waals surface area contributed by atoms with Gasteiger partial charge in [0, 0.05) is 21.8 Å². The number of esters is 1. The predicted octanol–water partition coefficient (Wildman–Crippen LogP) is 4.65. The van der Waals surface area contributed by atoms with Crippen molar-refractivity contribution in [3.8, 4) is 5.75 Å². The minimum absolute atomic E-state index is 0.142. The highest BCUT2D eigenvalue weighted by Gasteiger charge is 2.12. The van der Waals surface area contributed by atoms with Crippen LogP contribution in [0, 0.1) is 13.8 Å². The monoisotopic (exact) mass is 438 g/mol. The van der Waals surface area contributed by atoms with Crippen LogP contribution in [-0.4, -0.2) is 35.2 Å². The van der Waals surface area contributed by atoms with Crippen LogP contribution in [0.15, 0.2) is 54.6 Å². The Morgan fingerprint density at radius 2 is 1.81 bits per heavy atom. The number of carbonyl (C=O) groups is 2. The van der Waals surface area contributed by atoms with E-state index in [1.165, 1.54) is 13.2 Å². The summed E-state index contributed by atoms with van der Waals surface area (Å²) in [4.78, 5) is 23.7. The number of aromatic nitrogens is 2. The summed E-state index contributed by atoms with van der Waals surface area (Å²) in [6.07, 6.45) is 3.31. The van der Waals surface area contributed by atoms with Gasteiger partial charge in [-0.05, 0) is 61.9 Å². The maximum absolute atomic E-state index is 12.6. The third-order valence-electron chi connectivity index (χ3n) is 4.84. The highest BCUT2D eigenvalue weighted by atomic mass is 35.5. The number of nitrogens with zero attached hydrogens (tertiary/aromatic N) is 2. The van der Waals surface area contributed by atoms with E-state index in [2.05, 4.69) is 9.84 Å². The van der Waals surface area contributed by atoms with Crippen molar-refractivity contribution in [3.63, 3.8) is 0 Å². The zero-order valence-electron chi connectivity index (χ0n) is 17.6. The number of aryl methyl sites for hydroxylation is 1. The molecular formula is C24H23ClN2O4. The molecule has 7 heteroatoms. The van der Waals surface area contributed by atoms with Crippen LogP contribution in [0.1, 0.15) is 32.9 Å². The van der Waals surface area contributed by atoms with E-state index in [1.54, 1.807) is 30.3 Å². The summed E-state index contributed by atoms with van der Waals surface area (Å²) in [6.45, 7) is 4.25. The number of hydrogen-bond donors (Lipinski definition) is 0. The molecule has 0 N–H and O–H groups in total. The summed E-state index contributed by atoms with van der Waals surface area (Å²) < 4.78 is 11.7. The lowest BCUT2D eigenvalue weighted by Crippen LogP contribution is -2.12. The maximum Gasteiger partial charge on any atom is 0.343 e. The van der Waals surface area contributed by atoms with Gasteiger partial charge in [-0.25, -0.2) is 4.79 Å². The molecule has 6 nitrogen and oxygen atoms in total. The summed E-state index contributed by atoms with van der Waals surface area (Å²) in [6, 6.07) is 14.2. The van der Waals surface area contributed by atoms with E-state index in [-0.39, 0.29) is 12.4 Å². The topological polar surface area (TPSA) is 70.4 Å². The fourth-order valence-electron chi connectivity index (χ4n) is 3.07. The third kappa shape index (κ3) is 5.61. The van der Waals surface area contributed by atoms with Crippen LogP contribution >= 0.6 is 11.6 Å². The average Bonchev–Trinajstić information content (AvgIpc) is 3.04. The smallest absolute Gasteiger partial charge is 0.343 e. The lowest BCUT2D eigenvalue weighted by atomic mass is 10.1. The average molecular weight is 439 g/mol. The number of halogens is 1. The van der Waals surface area contributed by atoms with Crippen LogP contribution < -0.4 is 4.74 Å². The molecule has 0 unspecified atom stereocenters. The van der Waals surface area contributed by atoms with E-state index in [4.69, 9.17) is 16.3 Å². The molecule has 0 aliphatic rings. The van der Waals surface area contributed by atoms with Gasteiger partial charge in [-0.3, -0.25) is 9.48 Å². The Labute approximate surface area is 186 Å². The Morgan fingerprint density at radius 1 is 1.10 bits per heavy atom. The number of carbonyl (C=O) groups excluding carboxylic acids is 2. The SMILES string of the molecule is COC(=O)COc1ccc(C(=O)/C=C/c2c(C)nn(Cc3ccccc3Cl)c2C)cc1. The summed E-state index contributed by atoms with van der Waals surface area (Å²) >= 11 is 6.27. The first kappa shape index (κ1) is 22.3. The third-order valence-corrected chi connectivity index (χ3v) is 5.21. The van der Waals surface area contributed by atoms with Crippen molar-refractivity contribution < 1.29 is 19.1 Å². The Balaban J connectivity index is 1.70. The van der Waals surface area contributed by atoms with Gasteiger partial charge < -0.3 is 9.47 Å². The minimum Gasteiger partial charge on any atom is -0.482 e. The molecule has 1 heterocycles. The van der Waals surface area contributed by atoms with E-state index >= 15 is 0 Å². The van der Waals surface area contributed by atoms with Crippen LogP contribution in [0.2, 0.25) is 5.02 Å². The van der Waals surface area contributed by atoms with Crippen molar-refractivity contribution in [1.29, 1.82) is 0 Å². The van der Waals surface area contributed by atoms with Crippen molar-refractivity contribution in [1.82, 2.24) is 9.78 Å². The van der Waals surface area contributed by atoms with E-state index in [0.717, 1.165) is 22.5 Å². The zero-order valence-corrected chi connectivity index (χ0v) is 18.3. The summed E-state index contributed by atoms with van der Waals surface area (Å²) in [5.74, 6) is -0.125. The second-order valence-corrected chi connectivity index (χ2v) is 7.33. The highest BCUT2D eigenvalue weighted by molar-refractivity contribution is 6.31. The van der Waals surface area contributed by atoms with Gasteiger partial charge in [0.2, 0.25) is 0 Å². The lowest BCUT2D eigenvalue weighted by Gasteiger charge is -2.06. The van der Waals surface area contributed by atoms with Crippen LogP contribution in [0.25, 0.3) is 6.08 Å². The molecule has 0 amide bonds. The number of benzene rings is 2. The molecule has 0 spiro atoms. The fourth-order valence-corrected chi connectivity index (χ4v) is 3.26. The van der Waals surface area contributed by atoms with E-state index in [0.29, 0.717) is 22.9 Å². The van der Waals surface area contributed by atoms with Crippen LogP contribution in [0.3, 0.4) is 0 Å². The van der Waals surface area contributed by atoms with Gasteiger partial charge in [0.15, 0.2) is 12.4 Å². The molecule has 31 heavy (non-hydrogen) atoms. The summed E-state index contributed by atoms with van der Waals surface area (Å²) in [5.41, 5.74) is 4.18. The fraction of sp³-hybridized carbons (Fsp3) is 0.208. The molecule has 2 aromatic carbocycles. The normalized spacial score (nSPS) is 11.0. The highest BCUT2D eigenvalue weighted by Crippen LogP contribution is 2.21. The molecule has 0 bridgehead atoms. The molecule has 0 saturated heterocycles. The lowest BCUT2D eigenvalue weighted by molar-refractivity contribution is -0.142. The van der Waals surface area contributed by atoms with E-state index < -0.39 is 5.97 Å². The Kier molecular flexibility index (Phi) is 7.26. The zero-order chi connectivity index (χ0) is 22.4. The number of allylic oxidation sites excluding steroid dienone is 1. The van der Waals surface area contributed by atoms with Gasteiger partial charge in [-0.1, -0.05) is 29.8 Å². The molecule has 1 aromatic heterocycles. The number of rotatable bonds is 8. The molecular weight excluding hydrogens is 416 g/mol. The van der Waals surface area contributed by atoms with Gasteiger partial charge >= 0.3 is 5.97 Å². The van der Waals surface area contributed by atoms with Crippen molar-refractivity contribution in [2.45, 2.75) is 20.4 Å². The van der Waals surface area contributed by atoms with Crippen molar-refractivity contribution in [2.24, 2.45) is 0 Å². The molecule has 0 radical (unpaired) electrons. The van der Waals surface area contributed by atoms with Gasteiger partial charge in [-0.2, -0.15) is 5.10 Å². The molecule has 0 aliphatic carbocycles. The second kappa shape index (κ2) is 10.1. The first-order valence-electron chi connectivity index (χ1n) is 9.68. The van der Waals surface area contributed by atoms with Crippen molar-refractivity contribution >= 4 is 29.4 Å². The molecule has 0 aliphatic heterocycles.